The van der Waals surface area contributed by atoms with Gasteiger partial charge >= 0.3 is 0 Å². The molecular formula is C34H42FN9O3. The van der Waals surface area contributed by atoms with Crippen LogP contribution in [-0.4, -0.2) is 95.7 Å². The van der Waals surface area contributed by atoms with Crippen molar-refractivity contribution < 1.29 is 18.7 Å². The highest BCUT2D eigenvalue weighted by Gasteiger charge is 2.36. The number of halogens is 1. The lowest BCUT2D eigenvalue weighted by Gasteiger charge is -2.42. The van der Waals surface area contributed by atoms with Crippen molar-refractivity contribution >= 4 is 28.3 Å². The highest BCUT2D eigenvalue weighted by molar-refractivity contribution is 5.98. The van der Waals surface area contributed by atoms with Crippen molar-refractivity contribution in [3.8, 4) is 5.75 Å². The molecule has 1 unspecified atom stereocenters. The molecule has 0 aliphatic carbocycles. The number of nitrogens with two attached hydrogens (primary N) is 1. The van der Waals surface area contributed by atoms with Crippen molar-refractivity contribution in [1.29, 1.82) is 0 Å². The summed E-state index contributed by atoms with van der Waals surface area (Å²) in [5, 5.41) is 6.44. The zero-order valence-corrected chi connectivity index (χ0v) is 27.4. The van der Waals surface area contributed by atoms with Crippen LogP contribution < -0.4 is 20.3 Å². The first kappa shape index (κ1) is 31.3. The van der Waals surface area contributed by atoms with Crippen molar-refractivity contribution in [2.45, 2.75) is 51.5 Å². The molecule has 1 atom stereocenters. The Hall–Kier alpha value is -4.33. The van der Waals surface area contributed by atoms with Gasteiger partial charge in [0, 0.05) is 95.4 Å². The van der Waals surface area contributed by atoms with Gasteiger partial charge in [-0.05, 0) is 42.0 Å². The molecule has 248 valence electrons. The molecule has 4 aromatic rings. The number of aryl methyl sites for hydroxylation is 2. The van der Waals surface area contributed by atoms with E-state index in [1.54, 1.807) is 26.1 Å². The Labute approximate surface area is 273 Å². The van der Waals surface area contributed by atoms with E-state index in [0.29, 0.717) is 49.0 Å². The number of ether oxygens (including phenoxy) is 2. The lowest BCUT2D eigenvalue weighted by Crippen LogP contribution is -2.56. The van der Waals surface area contributed by atoms with Gasteiger partial charge in [-0.3, -0.25) is 14.4 Å². The van der Waals surface area contributed by atoms with E-state index in [1.807, 2.05) is 42.1 Å². The summed E-state index contributed by atoms with van der Waals surface area (Å²) in [5.74, 6) is 0.997. The fourth-order valence-electron chi connectivity index (χ4n) is 7.05. The summed E-state index contributed by atoms with van der Waals surface area (Å²) in [6.45, 7) is 6.85. The molecule has 0 bridgehead atoms. The van der Waals surface area contributed by atoms with Gasteiger partial charge in [0.2, 0.25) is 5.95 Å². The van der Waals surface area contributed by atoms with Gasteiger partial charge < -0.3 is 29.9 Å². The van der Waals surface area contributed by atoms with E-state index in [2.05, 4.69) is 19.8 Å². The standard InChI is InChI=1S/C34H42FN9O3/c1-5-25-27(35)8-7-21-11-24(47-20-46-4)13-30(32(21)25)42-18-29-26(14-37-34(38-29)43-15-22(36)16-43)31(19-42)41-9-6-10-44-23(17-41)12-28(39-44)33(45)40(2)3/h7-8,11-14,22,31H,5-6,9-10,15-20,36H2,1-4H3. The number of nitrogens with zero attached hydrogens (tertiary/aromatic N) is 8. The van der Waals surface area contributed by atoms with E-state index >= 15 is 4.39 Å². The monoisotopic (exact) mass is 643 g/mol. The van der Waals surface area contributed by atoms with Crippen molar-refractivity contribution in [3.05, 3.63) is 70.6 Å². The minimum absolute atomic E-state index is 0.0712. The maximum Gasteiger partial charge on any atom is 0.273 e. The number of anilines is 2. The summed E-state index contributed by atoms with van der Waals surface area (Å²) >= 11 is 0. The average Bonchev–Trinajstić information content (AvgIpc) is 3.35. The highest BCUT2D eigenvalue weighted by atomic mass is 19.1. The number of methoxy groups -OCH3 is 1. The molecule has 7 rings (SSSR count). The molecule has 0 spiro atoms. The van der Waals surface area contributed by atoms with Gasteiger partial charge in [0.1, 0.15) is 11.6 Å². The van der Waals surface area contributed by atoms with Crippen LogP contribution in [0.15, 0.2) is 36.5 Å². The van der Waals surface area contributed by atoms with Crippen molar-refractivity contribution in [2.24, 2.45) is 5.73 Å². The second kappa shape index (κ2) is 12.7. The molecule has 1 amide bonds. The quantitative estimate of drug-likeness (QED) is 0.287. The van der Waals surface area contributed by atoms with E-state index < -0.39 is 0 Å². The van der Waals surface area contributed by atoms with Crippen LogP contribution in [0.1, 0.15) is 52.4 Å². The molecule has 2 aromatic heterocycles. The van der Waals surface area contributed by atoms with Gasteiger partial charge in [0.15, 0.2) is 12.5 Å². The Morgan fingerprint density at radius 1 is 1.11 bits per heavy atom. The number of carbonyl (C=O) groups excluding carboxylic acids is 1. The third-order valence-corrected chi connectivity index (χ3v) is 9.44. The topological polar surface area (TPSA) is 118 Å². The van der Waals surface area contributed by atoms with Crippen LogP contribution in [0.25, 0.3) is 10.8 Å². The number of fused-ring (bicyclic) bond motifs is 3. The molecule has 47 heavy (non-hydrogen) atoms. The van der Waals surface area contributed by atoms with E-state index in [0.717, 1.165) is 66.0 Å². The molecule has 1 fully saturated rings. The van der Waals surface area contributed by atoms with Crippen LogP contribution in [0.3, 0.4) is 0 Å². The number of hydrogen-bond donors (Lipinski definition) is 1. The lowest BCUT2D eigenvalue weighted by atomic mass is 9.95. The Balaban J connectivity index is 1.32. The zero-order valence-electron chi connectivity index (χ0n) is 27.4. The van der Waals surface area contributed by atoms with Crippen molar-refractivity contribution in [3.63, 3.8) is 0 Å². The summed E-state index contributed by atoms with van der Waals surface area (Å²) in [5.41, 5.74) is 11.1. The van der Waals surface area contributed by atoms with E-state index in [1.165, 1.54) is 6.07 Å². The SMILES string of the molecule is CCc1c(F)ccc2cc(OCOC)cc(N3Cc4nc(N5CC(N)C5)ncc4C(N4CCCn5nc(C(=O)N(C)C)cc5C4)C3)c12. The molecular weight excluding hydrogens is 601 g/mol. The minimum Gasteiger partial charge on any atom is -0.467 e. The van der Waals surface area contributed by atoms with Crippen molar-refractivity contribution in [1.82, 2.24) is 29.5 Å². The highest BCUT2D eigenvalue weighted by Crippen LogP contribution is 2.41. The van der Waals surface area contributed by atoms with Gasteiger partial charge in [-0.25, -0.2) is 14.4 Å². The van der Waals surface area contributed by atoms with E-state index in [-0.39, 0.29) is 30.6 Å². The molecule has 2 N–H and O–H groups in total. The van der Waals surface area contributed by atoms with Crippen LogP contribution in [0.2, 0.25) is 0 Å². The normalized spacial score (nSPS) is 18.5. The fraction of sp³-hybridized carbons (Fsp3) is 0.471. The Morgan fingerprint density at radius 2 is 1.94 bits per heavy atom. The number of amides is 1. The summed E-state index contributed by atoms with van der Waals surface area (Å²) < 4.78 is 28.5. The molecule has 0 radical (unpaired) electrons. The largest absolute Gasteiger partial charge is 0.467 e. The predicted molar refractivity (Wildman–Crippen MR) is 177 cm³/mol. The Kier molecular flexibility index (Phi) is 8.45. The van der Waals surface area contributed by atoms with E-state index in [9.17, 15) is 4.79 Å². The number of carbonyl (C=O) groups is 1. The average molecular weight is 644 g/mol. The molecule has 3 aliphatic rings. The molecule has 3 aliphatic heterocycles. The third kappa shape index (κ3) is 5.87. The van der Waals surface area contributed by atoms with Gasteiger partial charge in [-0.2, -0.15) is 5.10 Å². The first-order valence-corrected chi connectivity index (χ1v) is 16.2. The maximum atomic E-state index is 15.3. The summed E-state index contributed by atoms with van der Waals surface area (Å²) in [6.07, 6.45) is 3.39. The smallest absolute Gasteiger partial charge is 0.273 e. The van der Waals surface area contributed by atoms with Crippen molar-refractivity contribution in [2.75, 3.05) is 64.0 Å². The predicted octanol–water partition coefficient (Wildman–Crippen LogP) is 3.33. The number of aromatic nitrogens is 4. The van der Waals surface area contributed by atoms with Gasteiger partial charge in [-0.15, -0.1) is 0 Å². The zero-order chi connectivity index (χ0) is 32.8. The lowest BCUT2D eigenvalue weighted by molar-refractivity contribution is 0.0512. The third-order valence-electron chi connectivity index (χ3n) is 9.44. The molecule has 5 heterocycles. The molecule has 13 heteroatoms. The summed E-state index contributed by atoms with van der Waals surface area (Å²) in [4.78, 5) is 31.1. The van der Waals surface area contributed by atoms with Crippen LogP contribution in [0.4, 0.5) is 16.0 Å². The number of hydrogen-bond acceptors (Lipinski definition) is 10. The fourth-order valence-corrected chi connectivity index (χ4v) is 7.05. The summed E-state index contributed by atoms with van der Waals surface area (Å²) in [7, 11) is 5.07. The molecule has 12 nitrogen and oxygen atoms in total. The Morgan fingerprint density at radius 3 is 2.68 bits per heavy atom. The second-order valence-electron chi connectivity index (χ2n) is 12.9. The molecule has 1 saturated heterocycles. The van der Waals surface area contributed by atoms with Gasteiger partial charge in [0.25, 0.3) is 5.91 Å². The van der Waals surface area contributed by atoms with Crippen LogP contribution >= 0.6 is 0 Å². The number of rotatable bonds is 8. The summed E-state index contributed by atoms with van der Waals surface area (Å²) in [6, 6.07) is 9.25. The van der Waals surface area contributed by atoms with Crippen LogP contribution in [0.5, 0.6) is 5.75 Å². The molecule has 0 saturated carbocycles. The van der Waals surface area contributed by atoms with Crippen LogP contribution in [-0.2, 0) is 30.8 Å². The minimum atomic E-state index is -0.219. The first-order valence-electron chi connectivity index (χ1n) is 16.2. The first-order chi connectivity index (χ1) is 22.7. The van der Waals surface area contributed by atoms with Crippen LogP contribution in [0, 0.1) is 5.82 Å². The van der Waals surface area contributed by atoms with E-state index in [4.69, 9.17) is 25.2 Å². The van der Waals surface area contributed by atoms with Gasteiger partial charge in [0.05, 0.1) is 24.0 Å². The maximum absolute atomic E-state index is 15.3. The number of benzene rings is 2. The molecule has 2 aromatic carbocycles. The van der Waals surface area contributed by atoms with Gasteiger partial charge in [-0.1, -0.05) is 13.0 Å². The second-order valence-corrected chi connectivity index (χ2v) is 12.9. The Bertz CT molecular complexity index is 1810.